The molecule has 0 amide bonds. The maximum atomic E-state index is 11.5. The second kappa shape index (κ2) is 6.44. The monoisotopic (exact) mass is 238 g/mol. The molecule has 0 aromatic carbocycles. The van der Waals surface area contributed by atoms with Crippen LogP contribution in [0.3, 0.4) is 0 Å². The molecule has 0 aliphatic carbocycles. The van der Waals surface area contributed by atoms with Crippen LogP contribution in [0.15, 0.2) is 12.4 Å². The number of hydrogen-bond donors (Lipinski definition) is 1. The average Bonchev–Trinajstić information content (AvgIpc) is 2.67. The van der Waals surface area contributed by atoms with Crippen molar-refractivity contribution < 1.29 is 17.9 Å². The van der Waals surface area contributed by atoms with Gasteiger partial charge >= 0.3 is 6.36 Å². The maximum absolute atomic E-state index is 11.5. The fourth-order valence-corrected chi connectivity index (χ4v) is 1.08. The highest BCUT2D eigenvalue weighted by molar-refractivity contribution is 4.63. The van der Waals surface area contributed by atoms with E-state index in [0.29, 0.717) is 13.1 Å². The van der Waals surface area contributed by atoms with E-state index >= 15 is 0 Å². The second-order valence-corrected chi connectivity index (χ2v) is 3.06. The predicted molar refractivity (Wildman–Crippen MR) is 49.5 cm³/mol. The Morgan fingerprint density at radius 2 is 2.12 bits per heavy atom. The van der Waals surface area contributed by atoms with Crippen LogP contribution in [0, 0.1) is 0 Å². The van der Waals surface area contributed by atoms with Crippen molar-refractivity contribution in [3.8, 4) is 0 Å². The van der Waals surface area contributed by atoms with Crippen molar-refractivity contribution in [3.63, 3.8) is 0 Å². The SMILES string of the molecule is FC(F)(F)OCCNCCCn1ccnn1. The van der Waals surface area contributed by atoms with Crippen LogP contribution < -0.4 is 5.32 Å². The minimum absolute atomic E-state index is 0.177. The Hall–Kier alpha value is -1.15. The van der Waals surface area contributed by atoms with Crippen LogP contribution in [-0.4, -0.2) is 41.1 Å². The lowest BCUT2D eigenvalue weighted by molar-refractivity contribution is -0.323. The molecule has 0 aliphatic rings. The first-order valence-electron chi connectivity index (χ1n) is 4.83. The molecule has 8 heteroatoms. The number of nitrogens with zero attached hydrogens (tertiary/aromatic N) is 3. The van der Waals surface area contributed by atoms with Gasteiger partial charge in [-0.3, -0.25) is 9.42 Å². The summed E-state index contributed by atoms with van der Waals surface area (Å²) in [5, 5.41) is 10.2. The third kappa shape index (κ3) is 6.36. The second-order valence-electron chi connectivity index (χ2n) is 3.06. The minimum atomic E-state index is -4.54. The van der Waals surface area contributed by atoms with E-state index in [2.05, 4.69) is 20.4 Å². The van der Waals surface area contributed by atoms with Crippen LogP contribution in [0.1, 0.15) is 6.42 Å². The lowest BCUT2D eigenvalue weighted by atomic mass is 10.4. The molecule has 0 aliphatic heterocycles. The van der Waals surface area contributed by atoms with Crippen LogP contribution in [0.5, 0.6) is 0 Å². The van der Waals surface area contributed by atoms with Gasteiger partial charge in [0.1, 0.15) is 0 Å². The van der Waals surface area contributed by atoms with Crippen LogP contribution in [0.2, 0.25) is 0 Å². The molecule has 0 saturated heterocycles. The van der Waals surface area contributed by atoms with E-state index in [4.69, 9.17) is 0 Å². The lowest BCUT2D eigenvalue weighted by Crippen LogP contribution is -2.25. The molecule has 1 N–H and O–H groups in total. The highest BCUT2D eigenvalue weighted by atomic mass is 19.4. The number of rotatable bonds is 7. The molecule has 0 atom stereocenters. The van der Waals surface area contributed by atoms with E-state index in [1.165, 1.54) is 0 Å². The van der Waals surface area contributed by atoms with Crippen molar-refractivity contribution in [1.82, 2.24) is 20.3 Å². The fraction of sp³-hybridized carbons (Fsp3) is 0.750. The van der Waals surface area contributed by atoms with Crippen molar-refractivity contribution >= 4 is 0 Å². The smallest absolute Gasteiger partial charge is 0.314 e. The van der Waals surface area contributed by atoms with Gasteiger partial charge in [-0.25, -0.2) is 0 Å². The normalized spacial score (nSPS) is 11.9. The molecule has 0 unspecified atom stereocenters. The summed E-state index contributed by atoms with van der Waals surface area (Å²) in [6.45, 7) is 1.11. The number of aryl methyl sites for hydroxylation is 1. The van der Waals surface area contributed by atoms with Gasteiger partial charge in [-0.15, -0.1) is 18.3 Å². The van der Waals surface area contributed by atoms with E-state index < -0.39 is 6.36 Å². The Labute approximate surface area is 90.6 Å². The van der Waals surface area contributed by atoms with Gasteiger partial charge in [0.15, 0.2) is 0 Å². The highest BCUT2D eigenvalue weighted by Crippen LogP contribution is 2.14. The number of halogens is 3. The van der Waals surface area contributed by atoms with Gasteiger partial charge in [0.2, 0.25) is 0 Å². The zero-order chi connectivity index (χ0) is 11.9. The third-order valence-corrected chi connectivity index (χ3v) is 1.76. The van der Waals surface area contributed by atoms with Gasteiger partial charge in [0.05, 0.1) is 12.8 Å². The number of aromatic nitrogens is 3. The van der Waals surface area contributed by atoms with E-state index in [1.54, 1.807) is 17.1 Å². The summed E-state index contributed by atoms with van der Waals surface area (Å²) in [6, 6.07) is 0. The Kier molecular flexibility index (Phi) is 5.20. The molecular weight excluding hydrogens is 225 g/mol. The van der Waals surface area contributed by atoms with Gasteiger partial charge in [0.25, 0.3) is 0 Å². The molecular formula is C8H13F3N4O. The largest absolute Gasteiger partial charge is 0.522 e. The van der Waals surface area contributed by atoms with Crippen molar-refractivity contribution in [1.29, 1.82) is 0 Å². The molecule has 0 fully saturated rings. The van der Waals surface area contributed by atoms with Crippen LogP contribution in [-0.2, 0) is 11.3 Å². The number of ether oxygens (including phenoxy) is 1. The predicted octanol–water partition coefficient (Wildman–Crippen LogP) is 0.794. The molecule has 0 saturated carbocycles. The zero-order valence-corrected chi connectivity index (χ0v) is 8.57. The summed E-state index contributed by atoms with van der Waals surface area (Å²) >= 11 is 0. The van der Waals surface area contributed by atoms with Crippen molar-refractivity contribution in [2.24, 2.45) is 0 Å². The molecule has 0 radical (unpaired) electrons. The van der Waals surface area contributed by atoms with Gasteiger partial charge in [0, 0.05) is 19.3 Å². The molecule has 0 spiro atoms. The van der Waals surface area contributed by atoms with Crippen molar-refractivity contribution in [3.05, 3.63) is 12.4 Å². The molecule has 5 nitrogen and oxygen atoms in total. The Morgan fingerprint density at radius 3 is 2.75 bits per heavy atom. The van der Waals surface area contributed by atoms with E-state index in [0.717, 1.165) is 6.42 Å². The summed E-state index contributed by atoms with van der Waals surface area (Å²) in [5.74, 6) is 0. The van der Waals surface area contributed by atoms with Crippen LogP contribution in [0.25, 0.3) is 0 Å². The lowest BCUT2D eigenvalue weighted by Gasteiger charge is -2.08. The molecule has 1 rings (SSSR count). The first-order chi connectivity index (χ1) is 7.58. The Balaban J connectivity index is 1.89. The van der Waals surface area contributed by atoms with E-state index in [1.807, 2.05) is 0 Å². The number of nitrogens with one attached hydrogen (secondary N) is 1. The third-order valence-electron chi connectivity index (χ3n) is 1.76. The molecule has 1 aromatic rings. The number of alkyl halides is 3. The zero-order valence-electron chi connectivity index (χ0n) is 8.57. The quantitative estimate of drug-likeness (QED) is 0.714. The van der Waals surface area contributed by atoms with Gasteiger partial charge in [-0.2, -0.15) is 0 Å². The highest BCUT2D eigenvalue weighted by Gasteiger charge is 2.28. The maximum Gasteiger partial charge on any atom is 0.522 e. The summed E-state index contributed by atoms with van der Waals surface area (Å²) in [6.07, 6.45) is -0.463. The first kappa shape index (κ1) is 12.9. The number of hydrogen-bond acceptors (Lipinski definition) is 4. The molecule has 16 heavy (non-hydrogen) atoms. The van der Waals surface area contributed by atoms with Crippen LogP contribution >= 0.6 is 0 Å². The molecule has 1 aromatic heterocycles. The van der Waals surface area contributed by atoms with Gasteiger partial charge in [-0.1, -0.05) is 5.21 Å². The standard InChI is InChI=1S/C8H13F3N4O/c9-8(10,11)16-7-4-12-2-1-5-15-6-3-13-14-15/h3,6,12H,1-2,4-5,7H2. The van der Waals surface area contributed by atoms with Crippen molar-refractivity contribution in [2.75, 3.05) is 19.7 Å². The Bertz CT molecular complexity index is 275. The van der Waals surface area contributed by atoms with Crippen molar-refractivity contribution in [2.45, 2.75) is 19.3 Å². The molecule has 92 valence electrons. The summed E-state index contributed by atoms with van der Waals surface area (Å²) in [4.78, 5) is 0. The van der Waals surface area contributed by atoms with Crippen LogP contribution in [0.4, 0.5) is 13.2 Å². The Morgan fingerprint density at radius 1 is 1.31 bits per heavy atom. The summed E-state index contributed by atoms with van der Waals surface area (Å²) in [7, 11) is 0. The van der Waals surface area contributed by atoms with Gasteiger partial charge < -0.3 is 5.32 Å². The van der Waals surface area contributed by atoms with E-state index in [-0.39, 0.29) is 13.2 Å². The minimum Gasteiger partial charge on any atom is -0.314 e. The molecule has 0 bridgehead atoms. The molecule has 1 heterocycles. The van der Waals surface area contributed by atoms with E-state index in [9.17, 15) is 13.2 Å². The topological polar surface area (TPSA) is 52.0 Å². The first-order valence-corrected chi connectivity index (χ1v) is 4.83. The summed E-state index contributed by atoms with van der Waals surface area (Å²) in [5.41, 5.74) is 0. The fourth-order valence-electron chi connectivity index (χ4n) is 1.08. The summed E-state index contributed by atoms with van der Waals surface area (Å²) < 4.78 is 39.9. The average molecular weight is 238 g/mol. The van der Waals surface area contributed by atoms with Gasteiger partial charge in [-0.05, 0) is 13.0 Å².